The Hall–Kier alpha value is -2.74. The first-order valence-corrected chi connectivity index (χ1v) is 12.0. The van der Waals surface area contributed by atoms with Crippen LogP contribution in [0.15, 0.2) is 42.5 Å². The number of anilines is 1. The minimum Gasteiger partial charge on any atom is -0.367 e. The molecular weight excluding hydrogens is 441 g/mol. The lowest BCUT2D eigenvalue weighted by atomic mass is 9.60. The van der Waals surface area contributed by atoms with E-state index < -0.39 is 17.5 Å². The number of piperazine rings is 1. The third-order valence-electron chi connectivity index (χ3n) is 7.54. The molecule has 2 aliphatic heterocycles. The Balaban J connectivity index is 1.11. The summed E-state index contributed by atoms with van der Waals surface area (Å²) in [7, 11) is 0. The van der Waals surface area contributed by atoms with Crippen molar-refractivity contribution < 1.29 is 18.0 Å². The highest BCUT2D eigenvalue weighted by molar-refractivity contribution is 5.76. The number of rotatable bonds is 4. The molecule has 5 rings (SSSR count). The van der Waals surface area contributed by atoms with E-state index in [1.165, 1.54) is 5.56 Å². The predicted molar refractivity (Wildman–Crippen MR) is 125 cm³/mol. The molecular formula is C26H31F3N4O. The van der Waals surface area contributed by atoms with Crippen LogP contribution in [0.2, 0.25) is 0 Å². The van der Waals surface area contributed by atoms with Gasteiger partial charge in [-0.05, 0) is 37.7 Å². The summed E-state index contributed by atoms with van der Waals surface area (Å²) in [5.74, 6) is -3.86. The Labute approximate surface area is 198 Å². The summed E-state index contributed by atoms with van der Waals surface area (Å²) in [6, 6.07) is 12.3. The number of hydrogen-bond acceptors (Lipinski definition) is 3. The number of halogens is 3. The van der Waals surface area contributed by atoms with E-state index in [-0.39, 0.29) is 24.2 Å². The van der Waals surface area contributed by atoms with Gasteiger partial charge in [-0.2, -0.15) is 0 Å². The van der Waals surface area contributed by atoms with Gasteiger partial charge in [0.2, 0.25) is 0 Å². The Kier molecular flexibility index (Phi) is 5.96. The third-order valence-corrected chi connectivity index (χ3v) is 7.54. The molecule has 0 aromatic heterocycles. The van der Waals surface area contributed by atoms with Crippen LogP contribution in [0, 0.1) is 22.9 Å². The van der Waals surface area contributed by atoms with Crippen LogP contribution in [0.4, 0.5) is 23.7 Å². The Morgan fingerprint density at radius 3 is 2.18 bits per heavy atom. The molecule has 1 N–H and O–H groups in total. The normalized spacial score (nSPS) is 24.6. The molecule has 2 atom stereocenters. The molecule has 3 fully saturated rings. The fourth-order valence-electron chi connectivity index (χ4n) is 6.11. The lowest BCUT2D eigenvalue weighted by Gasteiger charge is -2.59. The van der Waals surface area contributed by atoms with Crippen molar-refractivity contribution in [2.75, 3.05) is 31.1 Å². The van der Waals surface area contributed by atoms with E-state index >= 15 is 0 Å². The molecule has 0 radical (unpaired) electrons. The smallest absolute Gasteiger partial charge is 0.318 e. The predicted octanol–water partition coefficient (Wildman–Crippen LogP) is 4.38. The minimum absolute atomic E-state index is 0.0866. The zero-order chi connectivity index (χ0) is 24.0. The molecule has 2 heterocycles. The average molecular weight is 473 g/mol. The maximum absolute atomic E-state index is 13.7. The van der Waals surface area contributed by atoms with E-state index in [1.807, 2.05) is 24.8 Å². The van der Waals surface area contributed by atoms with Crippen molar-refractivity contribution in [3.05, 3.63) is 65.5 Å². The first-order chi connectivity index (χ1) is 16.2. The minimum atomic E-state index is -1.46. The zero-order valence-corrected chi connectivity index (χ0v) is 19.6. The molecule has 1 spiro atoms. The van der Waals surface area contributed by atoms with Gasteiger partial charge in [-0.3, -0.25) is 4.90 Å². The number of carbonyl (C=O) groups is 1. The van der Waals surface area contributed by atoms with Crippen molar-refractivity contribution in [1.82, 2.24) is 15.1 Å². The number of urea groups is 1. The van der Waals surface area contributed by atoms with Crippen LogP contribution in [0.1, 0.15) is 32.3 Å². The lowest BCUT2D eigenvalue weighted by molar-refractivity contribution is -0.0812. The van der Waals surface area contributed by atoms with Crippen LogP contribution < -0.4 is 10.2 Å². The number of likely N-dealkylation sites (tertiary alicyclic amines) is 1. The van der Waals surface area contributed by atoms with Crippen LogP contribution in [-0.4, -0.2) is 60.1 Å². The highest BCUT2D eigenvalue weighted by atomic mass is 19.2. The lowest BCUT2D eigenvalue weighted by Crippen LogP contribution is -2.68. The fraction of sp³-hybridized carbons (Fsp3) is 0.500. The number of amides is 2. The molecule has 1 aliphatic carbocycles. The highest BCUT2D eigenvalue weighted by Gasteiger charge is 2.52. The SMILES string of the molecule is C[C@@H]1CN(c2cc(F)c(F)c(F)c2)C[C@@H](C)N1C(=O)NC1CC2(C1)CN(Cc1ccccc1)C2. The maximum atomic E-state index is 13.7. The van der Waals surface area contributed by atoms with E-state index in [4.69, 9.17) is 0 Å². The van der Waals surface area contributed by atoms with Crippen molar-refractivity contribution in [2.45, 2.75) is 51.4 Å². The summed E-state index contributed by atoms with van der Waals surface area (Å²) in [6.07, 6.45) is 2.00. The molecule has 1 saturated carbocycles. The molecule has 2 amide bonds. The Morgan fingerprint density at radius 2 is 1.59 bits per heavy atom. The van der Waals surface area contributed by atoms with Gasteiger partial charge in [-0.25, -0.2) is 18.0 Å². The second kappa shape index (κ2) is 8.80. The largest absolute Gasteiger partial charge is 0.367 e. The molecule has 5 nitrogen and oxygen atoms in total. The topological polar surface area (TPSA) is 38.8 Å². The summed E-state index contributed by atoms with van der Waals surface area (Å²) in [5, 5.41) is 3.20. The van der Waals surface area contributed by atoms with Crippen LogP contribution in [0.25, 0.3) is 0 Å². The monoisotopic (exact) mass is 472 g/mol. The third kappa shape index (κ3) is 4.35. The maximum Gasteiger partial charge on any atom is 0.318 e. The summed E-state index contributed by atoms with van der Waals surface area (Å²) < 4.78 is 40.7. The van der Waals surface area contributed by atoms with Crippen molar-refractivity contribution >= 4 is 11.7 Å². The number of benzene rings is 2. The van der Waals surface area contributed by atoms with Gasteiger partial charge in [0.1, 0.15) is 0 Å². The van der Waals surface area contributed by atoms with E-state index in [2.05, 4.69) is 34.5 Å². The van der Waals surface area contributed by atoms with Crippen molar-refractivity contribution in [1.29, 1.82) is 0 Å². The Morgan fingerprint density at radius 1 is 1.00 bits per heavy atom. The number of carbonyl (C=O) groups excluding carboxylic acids is 1. The van der Waals surface area contributed by atoms with E-state index in [1.54, 1.807) is 4.90 Å². The van der Waals surface area contributed by atoms with Crippen molar-refractivity contribution in [3.63, 3.8) is 0 Å². The quantitative estimate of drug-likeness (QED) is 0.672. The Bertz CT molecular complexity index is 1020. The van der Waals surface area contributed by atoms with Gasteiger partial charge in [0.25, 0.3) is 0 Å². The molecule has 34 heavy (non-hydrogen) atoms. The molecule has 2 saturated heterocycles. The van der Waals surface area contributed by atoms with Gasteiger partial charge in [0.05, 0.1) is 0 Å². The molecule has 0 bridgehead atoms. The summed E-state index contributed by atoms with van der Waals surface area (Å²) in [6.45, 7) is 7.81. The molecule has 3 aliphatic rings. The van der Waals surface area contributed by atoms with Gasteiger partial charge in [0.15, 0.2) is 17.5 Å². The second-order valence-electron chi connectivity index (χ2n) is 10.4. The zero-order valence-electron chi connectivity index (χ0n) is 19.6. The van der Waals surface area contributed by atoms with Crippen LogP contribution >= 0.6 is 0 Å². The van der Waals surface area contributed by atoms with E-state index in [0.717, 1.165) is 44.6 Å². The van der Waals surface area contributed by atoms with Gasteiger partial charge < -0.3 is 15.1 Å². The fourth-order valence-corrected chi connectivity index (χ4v) is 6.11. The first kappa shape index (κ1) is 23.0. The highest BCUT2D eigenvalue weighted by Crippen LogP contribution is 2.48. The molecule has 8 heteroatoms. The summed E-state index contributed by atoms with van der Waals surface area (Å²) in [5.41, 5.74) is 1.95. The molecule has 2 aromatic carbocycles. The van der Waals surface area contributed by atoms with Crippen molar-refractivity contribution in [3.8, 4) is 0 Å². The summed E-state index contributed by atoms with van der Waals surface area (Å²) in [4.78, 5) is 19.1. The van der Waals surface area contributed by atoms with Gasteiger partial charge in [-0.1, -0.05) is 30.3 Å². The van der Waals surface area contributed by atoms with Crippen molar-refractivity contribution in [2.24, 2.45) is 5.41 Å². The van der Waals surface area contributed by atoms with Crippen LogP contribution in [0.5, 0.6) is 0 Å². The first-order valence-electron chi connectivity index (χ1n) is 12.0. The van der Waals surface area contributed by atoms with Gasteiger partial charge in [-0.15, -0.1) is 0 Å². The molecule has 2 aromatic rings. The number of hydrogen-bond donors (Lipinski definition) is 1. The average Bonchev–Trinajstić information content (AvgIpc) is 2.74. The van der Waals surface area contributed by atoms with Crippen LogP contribution in [0.3, 0.4) is 0 Å². The van der Waals surface area contributed by atoms with Crippen LogP contribution in [-0.2, 0) is 6.54 Å². The molecule has 182 valence electrons. The molecule has 0 unspecified atom stereocenters. The van der Waals surface area contributed by atoms with E-state index in [0.29, 0.717) is 24.2 Å². The number of nitrogens with one attached hydrogen (secondary N) is 1. The summed E-state index contributed by atoms with van der Waals surface area (Å²) >= 11 is 0. The standard InChI is InChI=1S/C26H31F3N4O/c1-17-12-32(21-8-22(27)24(29)23(28)9-21)13-18(2)33(17)25(34)30-20-10-26(11-20)15-31(16-26)14-19-6-4-3-5-7-19/h3-9,17-18,20H,10-16H2,1-2H3,(H,30,34)/t17-,18-/m1/s1. The van der Waals surface area contributed by atoms with Gasteiger partial charge >= 0.3 is 6.03 Å². The second-order valence-corrected chi connectivity index (χ2v) is 10.4. The van der Waals surface area contributed by atoms with Gasteiger partial charge in [0, 0.05) is 68.7 Å². The number of nitrogens with zero attached hydrogens (tertiary/aromatic N) is 3. The van der Waals surface area contributed by atoms with E-state index in [9.17, 15) is 18.0 Å².